The molecule has 1 heterocycles. The Hall–Kier alpha value is -2.05. The second-order valence-electron chi connectivity index (χ2n) is 6.53. The molecule has 0 bridgehead atoms. The molecule has 2 aromatic rings. The number of sulfonamides is 1. The molecule has 1 aliphatic heterocycles. The largest absolute Gasteiger partial charge is 0.486 e. The number of rotatable bonds is 4. The molecule has 1 atom stereocenters. The topological polar surface area (TPSA) is 64.6 Å². The summed E-state index contributed by atoms with van der Waals surface area (Å²) in [6, 6.07) is 10.7. The third kappa shape index (κ3) is 3.24. The van der Waals surface area contributed by atoms with Crippen LogP contribution in [0.3, 0.4) is 0 Å². The first-order valence-electron chi connectivity index (χ1n) is 8.57. The van der Waals surface area contributed by atoms with E-state index in [2.05, 4.69) is 16.9 Å². The lowest BCUT2D eigenvalue weighted by atomic mass is 10.0. The molecule has 0 radical (unpaired) electrons. The van der Waals surface area contributed by atoms with Crippen LogP contribution in [0.2, 0.25) is 0 Å². The molecule has 0 amide bonds. The molecule has 0 saturated carbocycles. The van der Waals surface area contributed by atoms with Gasteiger partial charge in [-0.25, -0.2) is 13.1 Å². The summed E-state index contributed by atoms with van der Waals surface area (Å²) < 4.78 is 39.1. The molecule has 2 aliphatic rings. The Morgan fingerprint density at radius 3 is 2.56 bits per heavy atom. The van der Waals surface area contributed by atoms with Crippen LogP contribution in [0.15, 0.2) is 41.3 Å². The van der Waals surface area contributed by atoms with Gasteiger partial charge in [-0.15, -0.1) is 0 Å². The summed E-state index contributed by atoms with van der Waals surface area (Å²) in [5.41, 5.74) is 3.70. The lowest BCUT2D eigenvalue weighted by Gasteiger charge is -2.20. The lowest BCUT2D eigenvalue weighted by molar-refractivity contribution is 0.171. The van der Waals surface area contributed by atoms with Crippen LogP contribution < -0.4 is 14.2 Å². The fraction of sp³-hybridized carbons (Fsp3) is 0.368. The van der Waals surface area contributed by atoms with Crippen LogP contribution >= 0.6 is 0 Å². The van der Waals surface area contributed by atoms with Gasteiger partial charge in [0, 0.05) is 12.1 Å². The standard InChI is InChI=1S/C19H21NO4S/c1-13(15-6-5-14-3-2-4-16(14)11-15)20-25(21,22)17-7-8-18-19(12-17)24-10-9-23-18/h5-8,11-13,20H,2-4,9-10H2,1H3/t13-/m1/s1. The Morgan fingerprint density at radius 1 is 0.960 bits per heavy atom. The summed E-state index contributed by atoms with van der Waals surface area (Å²) in [4.78, 5) is 0.185. The van der Waals surface area contributed by atoms with Crippen molar-refractivity contribution in [2.45, 2.75) is 37.1 Å². The van der Waals surface area contributed by atoms with Crippen molar-refractivity contribution >= 4 is 10.0 Å². The van der Waals surface area contributed by atoms with Crippen molar-refractivity contribution in [2.75, 3.05) is 13.2 Å². The molecule has 4 rings (SSSR count). The molecule has 25 heavy (non-hydrogen) atoms. The first-order chi connectivity index (χ1) is 12.0. The molecule has 1 aliphatic carbocycles. The van der Waals surface area contributed by atoms with Crippen molar-refractivity contribution in [1.82, 2.24) is 4.72 Å². The van der Waals surface area contributed by atoms with E-state index in [4.69, 9.17) is 9.47 Å². The van der Waals surface area contributed by atoms with Gasteiger partial charge < -0.3 is 9.47 Å². The number of ether oxygens (including phenoxy) is 2. The average Bonchev–Trinajstić information content (AvgIpc) is 3.08. The average molecular weight is 359 g/mol. The van der Waals surface area contributed by atoms with Crippen molar-refractivity contribution in [3.63, 3.8) is 0 Å². The van der Waals surface area contributed by atoms with Crippen LogP contribution in [-0.2, 0) is 22.9 Å². The third-order valence-electron chi connectivity index (χ3n) is 4.78. The maximum Gasteiger partial charge on any atom is 0.241 e. The Labute approximate surface area is 148 Å². The molecular weight excluding hydrogens is 338 g/mol. The lowest BCUT2D eigenvalue weighted by Crippen LogP contribution is -2.27. The minimum Gasteiger partial charge on any atom is -0.486 e. The van der Waals surface area contributed by atoms with Crippen LogP contribution in [0.4, 0.5) is 0 Å². The predicted octanol–water partition coefficient (Wildman–Crippen LogP) is 2.99. The van der Waals surface area contributed by atoms with Crippen molar-refractivity contribution in [2.24, 2.45) is 0 Å². The molecule has 132 valence electrons. The summed E-state index contributed by atoms with van der Waals surface area (Å²) in [7, 11) is -3.64. The van der Waals surface area contributed by atoms with E-state index in [0.717, 1.165) is 18.4 Å². The maximum atomic E-state index is 12.7. The van der Waals surface area contributed by atoms with Gasteiger partial charge in [0.15, 0.2) is 11.5 Å². The van der Waals surface area contributed by atoms with E-state index in [0.29, 0.717) is 24.7 Å². The van der Waals surface area contributed by atoms with Crippen molar-refractivity contribution in [3.05, 3.63) is 53.1 Å². The Balaban J connectivity index is 1.56. The fourth-order valence-corrected chi connectivity index (χ4v) is 4.67. The molecule has 0 spiro atoms. The molecule has 0 fully saturated rings. The van der Waals surface area contributed by atoms with Crippen LogP contribution in [-0.4, -0.2) is 21.6 Å². The van der Waals surface area contributed by atoms with Crippen LogP contribution in [0, 0.1) is 0 Å². The highest BCUT2D eigenvalue weighted by atomic mass is 32.2. The van der Waals surface area contributed by atoms with E-state index in [1.54, 1.807) is 12.1 Å². The van der Waals surface area contributed by atoms with Gasteiger partial charge in [-0.3, -0.25) is 0 Å². The smallest absolute Gasteiger partial charge is 0.241 e. The zero-order valence-electron chi connectivity index (χ0n) is 14.1. The van der Waals surface area contributed by atoms with Gasteiger partial charge in [0.25, 0.3) is 0 Å². The summed E-state index contributed by atoms with van der Waals surface area (Å²) in [5, 5.41) is 0. The molecule has 6 heteroatoms. The molecule has 1 N–H and O–H groups in total. The van der Waals surface area contributed by atoms with E-state index >= 15 is 0 Å². The Bertz CT molecular complexity index is 908. The number of hydrogen-bond donors (Lipinski definition) is 1. The zero-order valence-corrected chi connectivity index (χ0v) is 14.9. The van der Waals surface area contributed by atoms with Gasteiger partial charge in [0.1, 0.15) is 13.2 Å². The minimum atomic E-state index is -3.64. The van der Waals surface area contributed by atoms with Gasteiger partial charge in [-0.2, -0.15) is 0 Å². The minimum absolute atomic E-state index is 0.185. The molecule has 2 aromatic carbocycles. The van der Waals surface area contributed by atoms with E-state index in [-0.39, 0.29) is 10.9 Å². The summed E-state index contributed by atoms with van der Waals surface area (Å²) >= 11 is 0. The first-order valence-corrected chi connectivity index (χ1v) is 10.0. The predicted molar refractivity (Wildman–Crippen MR) is 94.6 cm³/mol. The van der Waals surface area contributed by atoms with E-state index in [1.165, 1.54) is 23.6 Å². The van der Waals surface area contributed by atoms with Gasteiger partial charge in [-0.1, -0.05) is 18.2 Å². The summed E-state index contributed by atoms with van der Waals surface area (Å²) in [6.07, 6.45) is 3.37. The van der Waals surface area contributed by atoms with Crippen LogP contribution in [0.5, 0.6) is 11.5 Å². The highest BCUT2D eigenvalue weighted by Gasteiger charge is 2.22. The molecule has 0 aromatic heterocycles. The van der Waals surface area contributed by atoms with Crippen LogP contribution in [0.25, 0.3) is 0 Å². The van der Waals surface area contributed by atoms with Crippen molar-refractivity contribution in [1.29, 1.82) is 0 Å². The second-order valence-corrected chi connectivity index (χ2v) is 8.24. The summed E-state index contributed by atoms with van der Waals surface area (Å²) in [5.74, 6) is 1.05. The Kier molecular flexibility index (Phi) is 4.17. The normalized spacial score (nSPS) is 17.2. The van der Waals surface area contributed by atoms with E-state index in [9.17, 15) is 8.42 Å². The van der Waals surface area contributed by atoms with E-state index < -0.39 is 10.0 Å². The summed E-state index contributed by atoms with van der Waals surface area (Å²) in [6.45, 7) is 2.77. The zero-order chi connectivity index (χ0) is 17.4. The number of nitrogens with one attached hydrogen (secondary N) is 1. The number of aryl methyl sites for hydroxylation is 2. The second kappa shape index (κ2) is 6.35. The van der Waals surface area contributed by atoms with Gasteiger partial charge in [0.2, 0.25) is 10.0 Å². The monoisotopic (exact) mass is 359 g/mol. The van der Waals surface area contributed by atoms with Gasteiger partial charge in [0.05, 0.1) is 4.90 Å². The van der Waals surface area contributed by atoms with Crippen molar-refractivity contribution in [3.8, 4) is 11.5 Å². The van der Waals surface area contributed by atoms with Gasteiger partial charge in [-0.05, 0) is 55.0 Å². The highest BCUT2D eigenvalue weighted by molar-refractivity contribution is 7.89. The first kappa shape index (κ1) is 16.4. The number of fused-ring (bicyclic) bond motifs is 2. The third-order valence-corrected chi connectivity index (χ3v) is 6.32. The molecule has 5 nitrogen and oxygen atoms in total. The molecule has 0 unspecified atom stereocenters. The van der Waals surface area contributed by atoms with Crippen molar-refractivity contribution < 1.29 is 17.9 Å². The quantitative estimate of drug-likeness (QED) is 0.911. The molecule has 0 saturated heterocycles. The highest BCUT2D eigenvalue weighted by Crippen LogP contribution is 2.33. The van der Waals surface area contributed by atoms with Gasteiger partial charge >= 0.3 is 0 Å². The molecular formula is C19H21NO4S. The number of hydrogen-bond acceptors (Lipinski definition) is 4. The van der Waals surface area contributed by atoms with Crippen LogP contribution in [0.1, 0.15) is 36.1 Å². The Morgan fingerprint density at radius 2 is 1.72 bits per heavy atom. The van der Waals surface area contributed by atoms with E-state index in [1.807, 2.05) is 13.0 Å². The SMILES string of the molecule is C[C@@H](NS(=O)(=O)c1ccc2c(c1)OCCO2)c1ccc2c(c1)CCC2. The maximum absolute atomic E-state index is 12.7. The number of benzene rings is 2. The fourth-order valence-electron chi connectivity index (χ4n) is 3.42.